The molecule has 7 nitrogen and oxygen atoms in total. The Morgan fingerprint density at radius 2 is 1.83 bits per heavy atom. The third-order valence-electron chi connectivity index (χ3n) is 4.93. The minimum absolute atomic E-state index is 0.216. The number of anilines is 2. The zero-order valence-corrected chi connectivity index (χ0v) is 17.6. The van der Waals surface area contributed by atoms with Crippen molar-refractivity contribution in [1.82, 2.24) is 0 Å². The minimum atomic E-state index is -3.40. The summed E-state index contributed by atoms with van der Waals surface area (Å²) in [6, 6.07) is 13.6. The van der Waals surface area contributed by atoms with Crippen LogP contribution in [0.2, 0.25) is 0 Å². The van der Waals surface area contributed by atoms with Crippen LogP contribution in [0.1, 0.15) is 29.8 Å². The number of carbonyl (C=O) groups is 2. The number of rotatable bonds is 5. The number of sulfonamides is 1. The van der Waals surface area contributed by atoms with Gasteiger partial charge in [0.1, 0.15) is 0 Å². The van der Waals surface area contributed by atoms with Crippen molar-refractivity contribution in [3.63, 3.8) is 0 Å². The molecule has 2 atom stereocenters. The van der Waals surface area contributed by atoms with Gasteiger partial charge in [0.05, 0.1) is 17.5 Å². The first-order chi connectivity index (χ1) is 13.6. The Morgan fingerprint density at radius 1 is 1.17 bits per heavy atom. The van der Waals surface area contributed by atoms with Crippen LogP contribution in [0.5, 0.6) is 0 Å². The molecule has 2 aromatic carbocycles. The van der Waals surface area contributed by atoms with Crippen molar-refractivity contribution in [3.8, 4) is 0 Å². The molecule has 1 aliphatic heterocycles. The molecule has 0 N–H and O–H groups in total. The standard InChI is InChI=1S/C21H24N2O5S/c1-14-12-17-13-16(10-11-19(17)23(14)29(4,26)27)21(25)28-15(2)20(24)22(3)18-8-6-5-7-9-18/h5-11,13-15H,12H2,1-4H3/t14-,15+/m1/s1. The SMILES string of the molecule is C[C@H](OC(=O)c1ccc2c(c1)C[C@@H](C)N2S(C)(=O)=O)C(=O)N(C)c1ccccc1. The zero-order chi connectivity index (χ0) is 21.3. The lowest BCUT2D eigenvalue weighted by molar-refractivity contribution is -0.126. The van der Waals surface area contributed by atoms with Gasteiger partial charge >= 0.3 is 5.97 Å². The molecule has 1 aliphatic rings. The molecule has 0 aromatic heterocycles. The molecule has 8 heteroatoms. The number of hydrogen-bond acceptors (Lipinski definition) is 5. The summed E-state index contributed by atoms with van der Waals surface area (Å²) in [5.74, 6) is -0.969. The lowest BCUT2D eigenvalue weighted by atomic mass is 10.1. The fourth-order valence-electron chi connectivity index (χ4n) is 3.57. The monoisotopic (exact) mass is 416 g/mol. The van der Waals surface area contributed by atoms with Gasteiger partial charge in [-0.1, -0.05) is 18.2 Å². The second kappa shape index (κ2) is 7.87. The average Bonchev–Trinajstić information content (AvgIpc) is 3.02. The van der Waals surface area contributed by atoms with Crippen LogP contribution in [-0.4, -0.2) is 45.7 Å². The Labute approximate surface area is 170 Å². The average molecular weight is 416 g/mol. The van der Waals surface area contributed by atoms with Gasteiger partial charge in [0.25, 0.3) is 5.91 Å². The van der Waals surface area contributed by atoms with Crippen LogP contribution in [-0.2, 0) is 26.0 Å². The van der Waals surface area contributed by atoms with Gasteiger partial charge in [0, 0.05) is 18.8 Å². The number of carbonyl (C=O) groups excluding carboxylic acids is 2. The molecule has 1 amide bonds. The normalized spacial score (nSPS) is 16.8. The van der Waals surface area contributed by atoms with E-state index in [0.717, 1.165) is 11.8 Å². The summed E-state index contributed by atoms with van der Waals surface area (Å²) in [4.78, 5) is 26.6. The third-order valence-corrected chi connectivity index (χ3v) is 6.20. The first-order valence-corrected chi connectivity index (χ1v) is 11.1. The van der Waals surface area contributed by atoms with Gasteiger partial charge in [-0.3, -0.25) is 9.10 Å². The van der Waals surface area contributed by atoms with Gasteiger partial charge in [0.15, 0.2) is 6.10 Å². The van der Waals surface area contributed by atoms with Crippen molar-refractivity contribution < 1.29 is 22.7 Å². The van der Waals surface area contributed by atoms with E-state index >= 15 is 0 Å². The minimum Gasteiger partial charge on any atom is -0.449 e. The second-order valence-electron chi connectivity index (χ2n) is 7.24. The first-order valence-electron chi connectivity index (χ1n) is 9.25. The number of ether oxygens (including phenoxy) is 1. The van der Waals surface area contributed by atoms with Crippen molar-refractivity contribution >= 4 is 33.3 Å². The van der Waals surface area contributed by atoms with Crippen molar-refractivity contribution in [2.75, 3.05) is 22.5 Å². The maximum atomic E-state index is 12.6. The number of benzene rings is 2. The van der Waals surface area contributed by atoms with Gasteiger partial charge in [-0.2, -0.15) is 0 Å². The van der Waals surface area contributed by atoms with Crippen molar-refractivity contribution in [2.24, 2.45) is 0 Å². The Hall–Kier alpha value is -2.87. The summed E-state index contributed by atoms with van der Waals surface area (Å²) in [5.41, 5.74) is 2.32. The van der Waals surface area contributed by atoms with Gasteiger partial charge in [0.2, 0.25) is 10.0 Å². The van der Waals surface area contributed by atoms with Crippen molar-refractivity contribution in [2.45, 2.75) is 32.4 Å². The number of esters is 1. The van der Waals surface area contributed by atoms with E-state index in [9.17, 15) is 18.0 Å². The topological polar surface area (TPSA) is 84.0 Å². The van der Waals surface area contributed by atoms with E-state index in [0.29, 0.717) is 17.8 Å². The number of hydrogen-bond donors (Lipinski definition) is 0. The predicted octanol–water partition coefficient (Wildman–Crippen LogP) is 2.61. The van der Waals surface area contributed by atoms with Gasteiger partial charge in [-0.05, 0) is 56.2 Å². The van der Waals surface area contributed by atoms with Crippen LogP contribution in [0.4, 0.5) is 11.4 Å². The molecule has 0 saturated heterocycles. The summed E-state index contributed by atoms with van der Waals surface area (Å²) < 4.78 is 30.8. The Balaban J connectivity index is 1.73. The molecular weight excluding hydrogens is 392 g/mol. The molecule has 0 aliphatic carbocycles. The van der Waals surface area contributed by atoms with Crippen molar-refractivity contribution in [1.29, 1.82) is 0 Å². The molecule has 0 saturated carbocycles. The second-order valence-corrected chi connectivity index (χ2v) is 9.10. The van der Waals surface area contributed by atoms with Crippen LogP contribution in [0.15, 0.2) is 48.5 Å². The summed E-state index contributed by atoms with van der Waals surface area (Å²) in [7, 11) is -1.77. The third kappa shape index (κ3) is 4.27. The van der Waals surface area contributed by atoms with Gasteiger partial charge < -0.3 is 9.64 Å². The predicted molar refractivity (Wildman–Crippen MR) is 112 cm³/mol. The summed E-state index contributed by atoms with van der Waals surface area (Å²) in [5, 5.41) is 0. The van der Waals surface area contributed by atoms with E-state index in [1.807, 2.05) is 25.1 Å². The summed E-state index contributed by atoms with van der Waals surface area (Å²) in [6.45, 7) is 3.35. The first kappa shape index (κ1) is 20.9. The van der Waals surface area contributed by atoms with E-state index in [1.165, 1.54) is 22.2 Å². The summed E-state index contributed by atoms with van der Waals surface area (Å²) in [6.07, 6.45) is 0.707. The van der Waals surface area contributed by atoms with E-state index in [-0.39, 0.29) is 17.5 Å². The molecule has 0 fully saturated rings. The summed E-state index contributed by atoms with van der Waals surface area (Å²) >= 11 is 0. The fourth-order valence-corrected chi connectivity index (χ4v) is 4.83. The Kier molecular flexibility index (Phi) is 5.66. The highest BCUT2D eigenvalue weighted by Gasteiger charge is 2.33. The fraction of sp³-hybridized carbons (Fsp3) is 0.333. The van der Waals surface area contributed by atoms with E-state index in [4.69, 9.17) is 4.74 Å². The number of likely N-dealkylation sites (N-methyl/N-ethyl adjacent to an activating group) is 1. The van der Waals surface area contributed by atoms with Crippen LogP contribution in [0.3, 0.4) is 0 Å². The quantitative estimate of drug-likeness (QED) is 0.700. The molecule has 0 unspecified atom stereocenters. The Bertz CT molecular complexity index is 1040. The molecule has 29 heavy (non-hydrogen) atoms. The van der Waals surface area contributed by atoms with E-state index < -0.39 is 22.1 Å². The maximum Gasteiger partial charge on any atom is 0.338 e. The van der Waals surface area contributed by atoms with E-state index in [2.05, 4.69) is 0 Å². The highest BCUT2D eigenvalue weighted by atomic mass is 32.2. The lowest BCUT2D eigenvalue weighted by Gasteiger charge is -2.22. The van der Waals surface area contributed by atoms with Gasteiger partial charge in [-0.15, -0.1) is 0 Å². The van der Waals surface area contributed by atoms with Crippen molar-refractivity contribution in [3.05, 3.63) is 59.7 Å². The molecule has 3 rings (SSSR count). The lowest BCUT2D eigenvalue weighted by Crippen LogP contribution is -2.37. The Morgan fingerprint density at radius 3 is 2.45 bits per heavy atom. The van der Waals surface area contributed by atoms with Crippen LogP contribution >= 0.6 is 0 Å². The largest absolute Gasteiger partial charge is 0.449 e. The van der Waals surface area contributed by atoms with E-state index in [1.54, 1.807) is 31.3 Å². The smallest absolute Gasteiger partial charge is 0.338 e. The van der Waals surface area contributed by atoms with Crippen LogP contribution < -0.4 is 9.21 Å². The molecule has 0 radical (unpaired) electrons. The van der Waals surface area contributed by atoms with Crippen LogP contribution in [0, 0.1) is 0 Å². The molecule has 0 bridgehead atoms. The molecular formula is C21H24N2O5S. The molecule has 154 valence electrons. The number of amides is 1. The van der Waals surface area contributed by atoms with Crippen LogP contribution in [0.25, 0.3) is 0 Å². The molecule has 1 heterocycles. The molecule has 2 aromatic rings. The number of nitrogens with zero attached hydrogens (tertiary/aromatic N) is 2. The number of fused-ring (bicyclic) bond motifs is 1. The highest BCUT2D eigenvalue weighted by Crippen LogP contribution is 2.34. The highest BCUT2D eigenvalue weighted by molar-refractivity contribution is 7.92. The zero-order valence-electron chi connectivity index (χ0n) is 16.8. The van der Waals surface area contributed by atoms with Gasteiger partial charge in [-0.25, -0.2) is 13.2 Å². The number of para-hydroxylation sites is 1. The maximum absolute atomic E-state index is 12.6. The molecule has 0 spiro atoms.